The molecule has 1 atom stereocenters. The van der Waals surface area contributed by atoms with Crippen molar-refractivity contribution in [2.24, 2.45) is 11.8 Å². The second-order valence-corrected chi connectivity index (χ2v) is 5.51. The van der Waals surface area contributed by atoms with Gasteiger partial charge in [-0.05, 0) is 12.3 Å². The number of hydrogen-bond acceptors (Lipinski definition) is 3. The Morgan fingerprint density at radius 3 is 2.68 bits per heavy atom. The van der Waals surface area contributed by atoms with Crippen LogP contribution in [0.5, 0.6) is 0 Å². The predicted molar refractivity (Wildman–Crippen MR) is 71.0 cm³/mol. The van der Waals surface area contributed by atoms with E-state index >= 15 is 0 Å². The minimum atomic E-state index is -0.971. The van der Waals surface area contributed by atoms with Gasteiger partial charge in [0, 0.05) is 32.7 Å². The van der Waals surface area contributed by atoms with Crippen molar-refractivity contribution in [3.05, 3.63) is 0 Å². The summed E-state index contributed by atoms with van der Waals surface area (Å²) in [6.07, 6.45) is 0.919. The zero-order valence-electron chi connectivity index (χ0n) is 12.0. The molecule has 19 heavy (non-hydrogen) atoms. The molecular formula is C13H24N2O4. The van der Waals surface area contributed by atoms with E-state index in [9.17, 15) is 9.59 Å². The van der Waals surface area contributed by atoms with Gasteiger partial charge in [0.25, 0.3) is 0 Å². The minimum Gasteiger partial charge on any atom is -0.480 e. The molecule has 0 aliphatic carbocycles. The highest BCUT2D eigenvalue weighted by Crippen LogP contribution is 2.18. The standard InChI is InChI=1S/C13H24N2O4/c1-10(2)6-15(8-12(16)17)13(18)14-5-4-11(7-14)9-19-3/h10-11H,4-9H2,1-3H3,(H,16,17). The van der Waals surface area contributed by atoms with Gasteiger partial charge in [-0.1, -0.05) is 13.8 Å². The van der Waals surface area contributed by atoms with Gasteiger partial charge in [-0.3, -0.25) is 4.79 Å². The summed E-state index contributed by atoms with van der Waals surface area (Å²) in [6.45, 7) is 6.16. The van der Waals surface area contributed by atoms with Crippen LogP contribution in [0.15, 0.2) is 0 Å². The van der Waals surface area contributed by atoms with E-state index < -0.39 is 5.97 Å². The van der Waals surface area contributed by atoms with E-state index in [-0.39, 0.29) is 18.5 Å². The van der Waals surface area contributed by atoms with Gasteiger partial charge in [0.2, 0.25) is 0 Å². The lowest BCUT2D eigenvalue weighted by molar-refractivity contribution is -0.137. The van der Waals surface area contributed by atoms with Crippen LogP contribution in [0, 0.1) is 11.8 Å². The third-order valence-electron chi connectivity index (χ3n) is 3.14. The Morgan fingerprint density at radius 2 is 2.16 bits per heavy atom. The highest BCUT2D eigenvalue weighted by Gasteiger charge is 2.30. The molecule has 1 aliphatic rings. The largest absolute Gasteiger partial charge is 0.480 e. The molecule has 1 fully saturated rings. The molecule has 1 aliphatic heterocycles. The van der Waals surface area contributed by atoms with E-state index in [4.69, 9.17) is 9.84 Å². The Balaban J connectivity index is 2.58. The van der Waals surface area contributed by atoms with Crippen LogP contribution in [0.2, 0.25) is 0 Å². The number of nitrogens with zero attached hydrogens (tertiary/aromatic N) is 2. The van der Waals surface area contributed by atoms with Gasteiger partial charge in [-0.2, -0.15) is 0 Å². The minimum absolute atomic E-state index is 0.172. The monoisotopic (exact) mass is 272 g/mol. The number of carboxylic acids is 1. The maximum absolute atomic E-state index is 12.3. The molecule has 0 aromatic rings. The molecule has 6 nitrogen and oxygen atoms in total. The van der Waals surface area contributed by atoms with Gasteiger partial charge >= 0.3 is 12.0 Å². The lowest BCUT2D eigenvalue weighted by Gasteiger charge is -2.28. The maximum Gasteiger partial charge on any atom is 0.323 e. The normalized spacial score (nSPS) is 18.9. The fourth-order valence-electron chi connectivity index (χ4n) is 2.39. The van der Waals surface area contributed by atoms with Crippen LogP contribution in [0.25, 0.3) is 0 Å². The summed E-state index contributed by atoms with van der Waals surface area (Å²) in [5.41, 5.74) is 0. The number of ether oxygens (including phenoxy) is 1. The van der Waals surface area contributed by atoms with Gasteiger partial charge in [0.1, 0.15) is 6.54 Å². The molecule has 1 unspecified atom stereocenters. The first-order valence-corrected chi connectivity index (χ1v) is 6.68. The van der Waals surface area contributed by atoms with E-state index in [0.717, 1.165) is 6.42 Å². The molecule has 0 aromatic carbocycles. The number of carbonyl (C=O) groups is 2. The van der Waals surface area contributed by atoms with Gasteiger partial charge < -0.3 is 19.6 Å². The first-order chi connectivity index (χ1) is 8.93. The highest BCUT2D eigenvalue weighted by atomic mass is 16.5. The van der Waals surface area contributed by atoms with Crippen molar-refractivity contribution < 1.29 is 19.4 Å². The van der Waals surface area contributed by atoms with E-state index in [2.05, 4.69) is 0 Å². The SMILES string of the molecule is COCC1CCN(C(=O)N(CC(=O)O)CC(C)C)C1. The van der Waals surface area contributed by atoms with Crippen molar-refractivity contribution >= 4 is 12.0 Å². The van der Waals surface area contributed by atoms with E-state index in [1.165, 1.54) is 4.90 Å². The smallest absolute Gasteiger partial charge is 0.323 e. The third kappa shape index (κ3) is 5.06. The van der Waals surface area contributed by atoms with Crippen LogP contribution in [-0.4, -0.2) is 66.8 Å². The molecule has 0 radical (unpaired) electrons. The molecule has 110 valence electrons. The topological polar surface area (TPSA) is 70.1 Å². The van der Waals surface area contributed by atoms with Crippen LogP contribution in [0.4, 0.5) is 4.79 Å². The second kappa shape index (κ2) is 7.33. The Bertz CT molecular complexity index is 320. The zero-order chi connectivity index (χ0) is 14.4. The number of methoxy groups -OCH3 is 1. The number of rotatable bonds is 6. The fourth-order valence-corrected chi connectivity index (χ4v) is 2.39. The number of likely N-dealkylation sites (tertiary alicyclic amines) is 1. The van der Waals surface area contributed by atoms with Crippen molar-refractivity contribution in [2.75, 3.05) is 39.9 Å². The molecule has 1 heterocycles. The van der Waals surface area contributed by atoms with Crippen LogP contribution < -0.4 is 0 Å². The van der Waals surface area contributed by atoms with Crippen molar-refractivity contribution in [3.63, 3.8) is 0 Å². The lowest BCUT2D eigenvalue weighted by atomic mass is 10.1. The van der Waals surface area contributed by atoms with E-state index in [1.54, 1.807) is 12.0 Å². The predicted octanol–water partition coefficient (Wildman–Crippen LogP) is 1.12. The average Bonchev–Trinajstić information content (AvgIpc) is 2.75. The first kappa shape index (κ1) is 15.8. The highest BCUT2D eigenvalue weighted by molar-refractivity contribution is 5.80. The Hall–Kier alpha value is -1.30. The molecule has 1 rings (SSSR count). The molecule has 0 aromatic heterocycles. The average molecular weight is 272 g/mol. The van der Waals surface area contributed by atoms with Crippen molar-refractivity contribution in [1.29, 1.82) is 0 Å². The van der Waals surface area contributed by atoms with E-state index in [0.29, 0.717) is 32.2 Å². The quantitative estimate of drug-likeness (QED) is 0.786. The van der Waals surface area contributed by atoms with Crippen LogP contribution in [0.3, 0.4) is 0 Å². The fraction of sp³-hybridized carbons (Fsp3) is 0.846. The number of carbonyl (C=O) groups excluding carboxylic acids is 1. The summed E-state index contributed by atoms with van der Waals surface area (Å²) in [4.78, 5) is 26.3. The molecule has 1 N–H and O–H groups in total. The Labute approximate surface area is 114 Å². The summed E-state index contributed by atoms with van der Waals surface area (Å²) >= 11 is 0. The molecule has 6 heteroatoms. The molecule has 2 amide bonds. The van der Waals surface area contributed by atoms with Crippen LogP contribution in [0.1, 0.15) is 20.3 Å². The molecular weight excluding hydrogens is 248 g/mol. The van der Waals surface area contributed by atoms with Crippen molar-refractivity contribution in [2.45, 2.75) is 20.3 Å². The number of carboxylic acid groups (broad SMARTS) is 1. The number of amides is 2. The molecule has 0 spiro atoms. The summed E-state index contributed by atoms with van der Waals surface area (Å²) in [5, 5.41) is 8.89. The summed E-state index contributed by atoms with van der Waals surface area (Å²) in [7, 11) is 1.65. The third-order valence-corrected chi connectivity index (χ3v) is 3.14. The number of urea groups is 1. The van der Waals surface area contributed by atoms with E-state index in [1.807, 2.05) is 13.8 Å². The van der Waals surface area contributed by atoms with Crippen molar-refractivity contribution in [3.8, 4) is 0 Å². The lowest BCUT2D eigenvalue weighted by Crippen LogP contribution is -2.46. The summed E-state index contributed by atoms with van der Waals surface area (Å²) in [5.74, 6) is -0.359. The van der Waals surface area contributed by atoms with Gasteiger partial charge in [0.05, 0.1) is 6.61 Å². The Kier molecular flexibility index (Phi) is 6.08. The Morgan fingerprint density at radius 1 is 1.47 bits per heavy atom. The first-order valence-electron chi connectivity index (χ1n) is 6.68. The number of hydrogen-bond donors (Lipinski definition) is 1. The molecule has 1 saturated heterocycles. The van der Waals surface area contributed by atoms with Gasteiger partial charge in [0.15, 0.2) is 0 Å². The second-order valence-electron chi connectivity index (χ2n) is 5.51. The van der Waals surface area contributed by atoms with Gasteiger partial charge in [-0.15, -0.1) is 0 Å². The van der Waals surface area contributed by atoms with Crippen LogP contribution >= 0.6 is 0 Å². The molecule has 0 bridgehead atoms. The molecule has 0 saturated carbocycles. The summed E-state index contributed by atoms with van der Waals surface area (Å²) < 4.78 is 5.10. The van der Waals surface area contributed by atoms with Gasteiger partial charge in [-0.25, -0.2) is 4.79 Å². The van der Waals surface area contributed by atoms with Crippen molar-refractivity contribution in [1.82, 2.24) is 9.80 Å². The summed E-state index contributed by atoms with van der Waals surface area (Å²) in [6, 6.07) is -0.172. The zero-order valence-corrected chi connectivity index (χ0v) is 12.0. The van der Waals surface area contributed by atoms with Crippen LogP contribution in [-0.2, 0) is 9.53 Å². The maximum atomic E-state index is 12.3. The number of aliphatic carboxylic acids is 1.